The minimum absolute atomic E-state index is 0.0556. The van der Waals surface area contributed by atoms with Gasteiger partial charge in [-0.1, -0.05) is 12.1 Å². The number of para-hydroxylation sites is 1. The third kappa shape index (κ3) is 3.00. The number of aryl methyl sites for hydroxylation is 2. The van der Waals surface area contributed by atoms with Crippen LogP contribution in [0.25, 0.3) is 10.9 Å². The maximum absolute atomic E-state index is 12.6. The second-order valence-electron chi connectivity index (χ2n) is 5.35. The number of H-pyrrole nitrogens is 1. The number of aliphatic carboxylic acids is 1. The van der Waals surface area contributed by atoms with Gasteiger partial charge < -0.3 is 15.4 Å². The standard InChI is InChI=1S/C16H18N2O4/c1-8-5-4-6-11-14(8)17-9(2)12(15(11)20)7-13(16(21)22)18-10(3)19/h4-6,13H,7H2,1-3H3,(H,17,20)(H,18,19)(H,21,22). The molecule has 0 spiro atoms. The molecule has 1 unspecified atom stereocenters. The van der Waals surface area contributed by atoms with Crippen LogP contribution in [0.4, 0.5) is 0 Å². The van der Waals surface area contributed by atoms with Gasteiger partial charge in [-0.15, -0.1) is 0 Å². The fourth-order valence-electron chi connectivity index (χ4n) is 2.51. The monoisotopic (exact) mass is 302 g/mol. The summed E-state index contributed by atoms with van der Waals surface area (Å²) in [6.45, 7) is 4.88. The summed E-state index contributed by atoms with van der Waals surface area (Å²) in [5.74, 6) is -1.61. The predicted octanol–water partition coefficient (Wildman–Crippen LogP) is 1.28. The number of carboxylic acids is 1. The van der Waals surface area contributed by atoms with Crippen molar-refractivity contribution in [2.45, 2.75) is 33.2 Å². The molecule has 1 heterocycles. The summed E-state index contributed by atoms with van der Waals surface area (Å²) in [7, 11) is 0. The molecule has 0 fully saturated rings. The zero-order valence-corrected chi connectivity index (χ0v) is 12.7. The first-order chi connectivity index (χ1) is 10.3. The van der Waals surface area contributed by atoms with Gasteiger partial charge in [-0.25, -0.2) is 4.79 Å². The number of nitrogens with one attached hydrogen (secondary N) is 2. The number of pyridine rings is 1. The van der Waals surface area contributed by atoms with Gasteiger partial charge in [0, 0.05) is 30.0 Å². The molecular formula is C16H18N2O4. The van der Waals surface area contributed by atoms with E-state index in [0.717, 1.165) is 11.1 Å². The smallest absolute Gasteiger partial charge is 0.326 e. The topological polar surface area (TPSA) is 99.3 Å². The third-order valence-corrected chi connectivity index (χ3v) is 3.64. The summed E-state index contributed by atoms with van der Waals surface area (Å²) in [6, 6.07) is 4.27. The van der Waals surface area contributed by atoms with E-state index in [1.54, 1.807) is 19.1 Å². The molecule has 0 aliphatic rings. The first kappa shape index (κ1) is 15.8. The highest BCUT2D eigenvalue weighted by atomic mass is 16.4. The van der Waals surface area contributed by atoms with Crippen LogP contribution < -0.4 is 10.7 Å². The van der Waals surface area contributed by atoms with Gasteiger partial charge in [0.1, 0.15) is 6.04 Å². The number of hydrogen-bond acceptors (Lipinski definition) is 3. The van der Waals surface area contributed by atoms with Crippen LogP contribution in [0.15, 0.2) is 23.0 Å². The van der Waals surface area contributed by atoms with Crippen molar-refractivity contribution in [2.24, 2.45) is 0 Å². The summed E-state index contributed by atoms with van der Waals surface area (Å²) < 4.78 is 0. The number of hydrogen-bond donors (Lipinski definition) is 3. The first-order valence-corrected chi connectivity index (χ1v) is 6.92. The first-order valence-electron chi connectivity index (χ1n) is 6.92. The molecule has 1 atom stereocenters. The number of aromatic nitrogens is 1. The van der Waals surface area contributed by atoms with Gasteiger partial charge in [0.25, 0.3) is 0 Å². The van der Waals surface area contributed by atoms with Crippen LogP contribution in [0.1, 0.15) is 23.7 Å². The van der Waals surface area contributed by atoms with E-state index in [0.29, 0.717) is 16.6 Å². The zero-order valence-electron chi connectivity index (χ0n) is 12.7. The number of rotatable bonds is 4. The molecule has 0 bridgehead atoms. The van der Waals surface area contributed by atoms with Crippen molar-refractivity contribution in [3.63, 3.8) is 0 Å². The molecule has 1 aromatic heterocycles. The highest BCUT2D eigenvalue weighted by molar-refractivity contribution is 5.84. The Morgan fingerprint density at radius 2 is 2.00 bits per heavy atom. The summed E-state index contributed by atoms with van der Waals surface area (Å²) in [6.07, 6.45) is -0.0556. The molecule has 6 nitrogen and oxygen atoms in total. The normalized spacial score (nSPS) is 12.1. The molecule has 0 radical (unpaired) electrons. The van der Waals surface area contributed by atoms with E-state index < -0.39 is 17.9 Å². The lowest BCUT2D eigenvalue weighted by atomic mass is 10.0. The van der Waals surface area contributed by atoms with E-state index in [1.165, 1.54) is 6.92 Å². The minimum atomic E-state index is -1.17. The summed E-state index contributed by atoms with van der Waals surface area (Å²) in [4.78, 5) is 38.1. The average molecular weight is 302 g/mol. The molecule has 3 N–H and O–H groups in total. The lowest BCUT2D eigenvalue weighted by Crippen LogP contribution is -2.42. The Hall–Kier alpha value is -2.63. The van der Waals surface area contributed by atoms with Crippen LogP contribution >= 0.6 is 0 Å². The van der Waals surface area contributed by atoms with Crippen molar-refractivity contribution < 1.29 is 14.7 Å². The van der Waals surface area contributed by atoms with Gasteiger partial charge in [-0.2, -0.15) is 0 Å². The van der Waals surface area contributed by atoms with E-state index in [9.17, 15) is 19.5 Å². The minimum Gasteiger partial charge on any atom is -0.480 e. The number of fused-ring (bicyclic) bond motifs is 1. The summed E-state index contributed by atoms with van der Waals surface area (Å²) in [5, 5.41) is 12.1. The quantitative estimate of drug-likeness (QED) is 0.792. The maximum Gasteiger partial charge on any atom is 0.326 e. The van der Waals surface area contributed by atoms with E-state index in [2.05, 4.69) is 10.3 Å². The number of carboxylic acid groups (broad SMARTS) is 1. The molecule has 2 aromatic rings. The largest absolute Gasteiger partial charge is 0.480 e. The lowest BCUT2D eigenvalue weighted by molar-refractivity contribution is -0.141. The highest BCUT2D eigenvalue weighted by Gasteiger charge is 2.22. The van der Waals surface area contributed by atoms with Crippen molar-refractivity contribution in [1.82, 2.24) is 10.3 Å². The van der Waals surface area contributed by atoms with Crippen molar-refractivity contribution >= 4 is 22.8 Å². The predicted molar refractivity (Wildman–Crippen MR) is 83.0 cm³/mol. The Morgan fingerprint density at radius 3 is 2.59 bits per heavy atom. The SMILES string of the molecule is CC(=O)NC(Cc1c(C)[nH]c2c(C)cccc2c1=O)C(=O)O. The zero-order chi connectivity index (χ0) is 16.4. The molecule has 1 aromatic carbocycles. The van der Waals surface area contributed by atoms with Gasteiger partial charge >= 0.3 is 5.97 Å². The van der Waals surface area contributed by atoms with Crippen molar-refractivity contribution in [1.29, 1.82) is 0 Å². The van der Waals surface area contributed by atoms with E-state index >= 15 is 0 Å². The lowest BCUT2D eigenvalue weighted by Gasteiger charge is -2.15. The fourth-order valence-corrected chi connectivity index (χ4v) is 2.51. The van der Waals surface area contributed by atoms with Gasteiger partial charge in [-0.3, -0.25) is 9.59 Å². The molecular weight excluding hydrogens is 284 g/mol. The van der Waals surface area contributed by atoms with Gasteiger partial charge in [0.15, 0.2) is 5.43 Å². The molecule has 0 saturated carbocycles. The Morgan fingerprint density at radius 1 is 1.32 bits per heavy atom. The Balaban J connectivity index is 2.54. The molecule has 2 rings (SSSR count). The summed E-state index contributed by atoms with van der Waals surface area (Å²) >= 11 is 0. The van der Waals surface area contributed by atoms with E-state index in [1.807, 2.05) is 13.0 Å². The van der Waals surface area contributed by atoms with Gasteiger partial charge in [-0.05, 0) is 25.5 Å². The number of benzene rings is 1. The number of aromatic amines is 1. The summed E-state index contributed by atoms with van der Waals surface area (Å²) in [5.41, 5.74) is 2.48. The molecule has 22 heavy (non-hydrogen) atoms. The van der Waals surface area contributed by atoms with Crippen LogP contribution in [-0.2, 0) is 16.0 Å². The van der Waals surface area contributed by atoms with Crippen molar-refractivity contribution in [3.05, 3.63) is 45.2 Å². The van der Waals surface area contributed by atoms with E-state index in [-0.39, 0.29) is 11.8 Å². The van der Waals surface area contributed by atoms with Crippen LogP contribution in [0.2, 0.25) is 0 Å². The van der Waals surface area contributed by atoms with Crippen LogP contribution in [0, 0.1) is 13.8 Å². The van der Waals surface area contributed by atoms with Crippen LogP contribution in [-0.4, -0.2) is 28.0 Å². The van der Waals surface area contributed by atoms with Crippen molar-refractivity contribution in [2.75, 3.05) is 0 Å². The van der Waals surface area contributed by atoms with Gasteiger partial charge in [0.2, 0.25) is 5.91 Å². The highest BCUT2D eigenvalue weighted by Crippen LogP contribution is 2.16. The fraction of sp³-hybridized carbons (Fsp3) is 0.312. The maximum atomic E-state index is 12.6. The molecule has 1 amide bonds. The van der Waals surface area contributed by atoms with E-state index in [4.69, 9.17) is 0 Å². The number of carbonyl (C=O) groups excluding carboxylic acids is 1. The number of carbonyl (C=O) groups is 2. The van der Waals surface area contributed by atoms with Crippen molar-refractivity contribution in [3.8, 4) is 0 Å². The van der Waals surface area contributed by atoms with Crippen LogP contribution in [0.3, 0.4) is 0 Å². The Kier molecular flexibility index (Phi) is 4.30. The average Bonchev–Trinajstić information content (AvgIpc) is 2.43. The molecule has 0 saturated heterocycles. The molecule has 116 valence electrons. The molecule has 0 aliphatic carbocycles. The molecule has 6 heteroatoms. The second-order valence-corrected chi connectivity index (χ2v) is 5.35. The Labute approximate surface area is 127 Å². The number of amides is 1. The Bertz CT molecular complexity index is 808. The molecule has 0 aliphatic heterocycles. The van der Waals surface area contributed by atoms with Crippen LogP contribution in [0.5, 0.6) is 0 Å². The van der Waals surface area contributed by atoms with Gasteiger partial charge in [0.05, 0.1) is 5.52 Å². The second kappa shape index (κ2) is 6.01. The third-order valence-electron chi connectivity index (χ3n) is 3.64.